The number of nitrogens with zero attached hydrogens (tertiary/aromatic N) is 4. The molecule has 4 rings (SSSR count). The van der Waals surface area contributed by atoms with Crippen molar-refractivity contribution in [2.24, 2.45) is 0 Å². The van der Waals surface area contributed by atoms with Crippen LogP contribution in [0, 0.1) is 5.82 Å². The standard InChI is InChI=1S/C20H19FN4O2/c21-17-9-4-8-16(14-17)20(10-11-20)19(26)27-13-5-12-25-23-18(22-24-25)15-6-2-1-3-7-15/h1-4,6-9,14H,5,10-13H2. The summed E-state index contributed by atoms with van der Waals surface area (Å²) in [6, 6.07) is 15.8. The molecule has 0 spiro atoms. The van der Waals surface area contributed by atoms with Gasteiger partial charge in [-0.1, -0.05) is 42.5 Å². The predicted octanol–water partition coefficient (Wildman–Crippen LogP) is 3.14. The van der Waals surface area contributed by atoms with Crippen LogP contribution in [0.5, 0.6) is 0 Å². The van der Waals surface area contributed by atoms with Gasteiger partial charge in [-0.25, -0.2) is 4.39 Å². The minimum absolute atomic E-state index is 0.262. The second kappa shape index (κ2) is 7.26. The van der Waals surface area contributed by atoms with Gasteiger partial charge in [-0.3, -0.25) is 4.79 Å². The van der Waals surface area contributed by atoms with Gasteiger partial charge in [-0.2, -0.15) is 4.80 Å². The van der Waals surface area contributed by atoms with E-state index in [9.17, 15) is 9.18 Å². The molecule has 1 fully saturated rings. The molecule has 2 aromatic carbocycles. The fourth-order valence-electron chi connectivity index (χ4n) is 3.07. The SMILES string of the molecule is O=C(OCCCn1nnc(-c2ccccc2)n1)C1(c2cccc(F)c2)CC1. The van der Waals surface area contributed by atoms with E-state index in [4.69, 9.17) is 4.74 Å². The fourth-order valence-corrected chi connectivity index (χ4v) is 3.07. The van der Waals surface area contributed by atoms with Crippen molar-refractivity contribution in [3.05, 3.63) is 66.0 Å². The van der Waals surface area contributed by atoms with Crippen LogP contribution < -0.4 is 0 Å². The molecule has 1 aliphatic rings. The number of rotatable bonds is 7. The number of carbonyl (C=O) groups excluding carboxylic acids is 1. The van der Waals surface area contributed by atoms with Crippen molar-refractivity contribution in [1.29, 1.82) is 0 Å². The van der Waals surface area contributed by atoms with Gasteiger partial charge >= 0.3 is 5.97 Å². The summed E-state index contributed by atoms with van der Waals surface area (Å²) in [5.41, 5.74) is 0.924. The Kier molecular flexibility index (Phi) is 4.66. The number of aromatic nitrogens is 4. The van der Waals surface area contributed by atoms with Crippen molar-refractivity contribution in [3.8, 4) is 11.4 Å². The molecule has 1 saturated carbocycles. The first kappa shape index (κ1) is 17.3. The highest BCUT2D eigenvalue weighted by Crippen LogP contribution is 2.49. The van der Waals surface area contributed by atoms with Crippen molar-refractivity contribution in [2.45, 2.75) is 31.2 Å². The quantitative estimate of drug-likeness (QED) is 0.475. The van der Waals surface area contributed by atoms with Gasteiger partial charge in [-0.05, 0) is 35.8 Å². The number of hydrogen-bond acceptors (Lipinski definition) is 5. The van der Waals surface area contributed by atoms with Crippen LogP contribution in [0.2, 0.25) is 0 Å². The molecule has 0 N–H and O–H groups in total. The Labute approximate surface area is 156 Å². The molecule has 7 heteroatoms. The zero-order chi connectivity index (χ0) is 18.7. The zero-order valence-electron chi connectivity index (χ0n) is 14.7. The summed E-state index contributed by atoms with van der Waals surface area (Å²) in [5.74, 6) is -0.0571. The first-order chi connectivity index (χ1) is 13.2. The first-order valence-electron chi connectivity index (χ1n) is 8.94. The van der Waals surface area contributed by atoms with E-state index < -0.39 is 5.41 Å². The summed E-state index contributed by atoms with van der Waals surface area (Å²) >= 11 is 0. The number of esters is 1. The van der Waals surface area contributed by atoms with E-state index in [1.165, 1.54) is 16.9 Å². The van der Waals surface area contributed by atoms with E-state index in [0.717, 1.165) is 5.56 Å². The topological polar surface area (TPSA) is 69.9 Å². The lowest BCUT2D eigenvalue weighted by molar-refractivity contribution is -0.147. The number of hydrogen-bond donors (Lipinski definition) is 0. The van der Waals surface area contributed by atoms with Crippen LogP contribution >= 0.6 is 0 Å². The Morgan fingerprint density at radius 1 is 1.15 bits per heavy atom. The molecule has 0 amide bonds. The molecule has 1 heterocycles. The third-order valence-electron chi connectivity index (χ3n) is 4.74. The maximum absolute atomic E-state index is 13.4. The van der Waals surface area contributed by atoms with Crippen LogP contribution in [0.3, 0.4) is 0 Å². The number of aryl methyl sites for hydroxylation is 1. The highest BCUT2D eigenvalue weighted by atomic mass is 19.1. The third-order valence-corrected chi connectivity index (χ3v) is 4.74. The minimum atomic E-state index is -0.673. The molecule has 0 unspecified atom stereocenters. The summed E-state index contributed by atoms with van der Waals surface area (Å²) in [6.45, 7) is 0.762. The average molecular weight is 366 g/mol. The first-order valence-corrected chi connectivity index (χ1v) is 8.94. The molecule has 0 atom stereocenters. The lowest BCUT2D eigenvalue weighted by Crippen LogP contribution is -2.24. The minimum Gasteiger partial charge on any atom is -0.465 e. The molecule has 27 heavy (non-hydrogen) atoms. The Morgan fingerprint density at radius 3 is 2.70 bits per heavy atom. The van der Waals surface area contributed by atoms with E-state index >= 15 is 0 Å². The molecule has 0 saturated heterocycles. The largest absolute Gasteiger partial charge is 0.465 e. The van der Waals surface area contributed by atoms with Crippen molar-refractivity contribution in [3.63, 3.8) is 0 Å². The summed E-state index contributed by atoms with van der Waals surface area (Å²) < 4.78 is 18.9. The number of benzene rings is 2. The van der Waals surface area contributed by atoms with Crippen LogP contribution in [-0.4, -0.2) is 32.8 Å². The van der Waals surface area contributed by atoms with E-state index in [1.54, 1.807) is 12.1 Å². The number of carbonyl (C=O) groups is 1. The molecule has 1 aromatic heterocycles. The Morgan fingerprint density at radius 2 is 1.96 bits per heavy atom. The zero-order valence-corrected chi connectivity index (χ0v) is 14.7. The molecule has 0 bridgehead atoms. The number of ether oxygens (including phenoxy) is 1. The van der Waals surface area contributed by atoms with Gasteiger partial charge in [0, 0.05) is 12.0 Å². The van der Waals surface area contributed by atoms with Gasteiger partial charge in [0.2, 0.25) is 5.82 Å². The molecular weight excluding hydrogens is 347 g/mol. The average Bonchev–Trinajstić information content (AvgIpc) is 3.38. The monoisotopic (exact) mass is 366 g/mol. The summed E-state index contributed by atoms with van der Waals surface area (Å²) in [4.78, 5) is 13.9. The third kappa shape index (κ3) is 3.72. The highest BCUT2D eigenvalue weighted by molar-refractivity contribution is 5.86. The van der Waals surface area contributed by atoms with E-state index in [0.29, 0.717) is 37.2 Å². The lowest BCUT2D eigenvalue weighted by Gasteiger charge is -2.14. The van der Waals surface area contributed by atoms with Gasteiger partial charge < -0.3 is 4.74 Å². The van der Waals surface area contributed by atoms with Gasteiger partial charge in [0.15, 0.2) is 0 Å². The van der Waals surface area contributed by atoms with Crippen LogP contribution in [0.1, 0.15) is 24.8 Å². The molecule has 0 aliphatic heterocycles. The number of tetrazole rings is 1. The molecule has 6 nitrogen and oxygen atoms in total. The maximum atomic E-state index is 13.4. The van der Waals surface area contributed by atoms with Gasteiger partial charge in [0.25, 0.3) is 0 Å². The van der Waals surface area contributed by atoms with Gasteiger partial charge in [0.1, 0.15) is 5.82 Å². The van der Waals surface area contributed by atoms with Crippen LogP contribution in [0.15, 0.2) is 54.6 Å². The van der Waals surface area contributed by atoms with Crippen LogP contribution in [0.4, 0.5) is 4.39 Å². The van der Waals surface area contributed by atoms with E-state index in [1.807, 2.05) is 30.3 Å². The maximum Gasteiger partial charge on any atom is 0.316 e. The van der Waals surface area contributed by atoms with Crippen LogP contribution in [0.25, 0.3) is 11.4 Å². The Balaban J connectivity index is 1.28. The summed E-state index contributed by atoms with van der Waals surface area (Å²) in [6.07, 6.45) is 1.97. The van der Waals surface area contributed by atoms with Gasteiger partial charge in [-0.15, -0.1) is 10.2 Å². The Hall–Kier alpha value is -3.09. The van der Waals surface area contributed by atoms with Crippen molar-refractivity contribution < 1.29 is 13.9 Å². The Bertz CT molecular complexity index is 938. The van der Waals surface area contributed by atoms with Gasteiger partial charge in [0.05, 0.1) is 18.6 Å². The van der Waals surface area contributed by atoms with Crippen molar-refractivity contribution in [2.75, 3.05) is 6.61 Å². The molecule has 0 radical (unpaired) electrons. The second-order valence-electron chi connectivity index (χ2n) is 6.66. The fraction of sp³-hybridized carbons (Fsp3) is 0.300. The van der Waals surface area contributed by atoms with E-state index in [-0.39, 0.29) is 18.4 Å². The molecule has 3 aromatic rings. The molecular formula is C20H19FN4O2. The smallest absolute Gasteiger partial charge is 0.316 e. The predicted molar refractivity (Wildman–Crippen MR) is 96.1 cm³/mol. The van der Waals surface area contributed by atoms with Crippen LogP contribution in [-0.2, 0) is 21.5 Å². The van der Waals surface area contributed by atoms with Crippen molar-refractivity contribution >= 4 is 5.97 Å². The second-order valence-corrected chi connectivity index (χ2v) is 6.66. The summed E-state index contributed by atoms with van der Waals surface area (Å²) in [5, 5.41) is 12.4. The van der Waals surface area contributed by atoms with E-state index in [2.05, 4.69) is 15.4 Å². The van der Waals surface area contributed by atoms with Crippen molar-refractivity contribution in [1.82, 2.24) is 20.2 Å². The highest BCUT2D eigenvalue weighted by Gasteiger charge is 2.52. The molecule has 138 valence electrons. The molecule has 1 aliphatic carbocycles. The number of halogens is 1. The summed E-state index contributed by atoms with van der Waals surface area (Å²) in [7, 11) is 0. The normalized spacial score (nSPS) is 14.7. The lowest BCUT2D eigenvalue weighted by atomic mass is 9.96.